The second-order valence-electron chi connectivity index (χ2n) is 2.31. The molecule has 2 nitrogen and oxygen atoms in total. The van der Waals surface area contributed by atoms with Gasteiger partial charge in [0.2, 0.25) is 0 Å². The van der Waals surface area contributed by atoms with Crippen molar-refractivity contribution in [1.82, 2.24) is 4.98 Å². The molecule has 0 atom stereocenters. The van der Waals surface area contributed by atoms with Crippen LogP contribution in [-0.4, -0.2) is 10.1 Å². The normalized spacial score (nSPS) is 11.6. The molecule has 11 heavy (non-hydrogen) atoms. The van der Waals surface area contributed by atoms with E-state index in [1.54, 1.807) is 19.2 Å². The number of nitrogens with zero attached hydrogens (tertiary/aromatic N) is 1. The van der Waals surface area contributed by atoms with Gasteiger partial charge in [-0.15, -0.1) is 0 Å². The van der Waals surface area contributed by atoms with Crippen LogP contribution in [0.5, 0.6) is 0 Å². The number of aromatic nitrogens is 1. The van der Waals surface area contributed by atoms with Crippen LogP contribution in [0, 0.1) is 6.92 Å². The predicted octanol–water partition coefficient (Wildman–Crippen LogP) is 2.31. The van der Waals surface area contributed by atoms with Crippen molar-refractivity contribution >= 4 is 5.76 Å². The monoisotopic (exact) mass is 149 g/mol. The molecule has 1 heterocycles. The first-order valence-corrected chi connectivity index (χ1v) is 3.53. The number of hydrogen-bond acceptors (Lipinski definition) is 2. The van der Waals surface area contributed by atoms with Crippen molar-refractivity contribution < 1.29 is 5.11 Å². The molecule has 0 spiro atoms. The fourth-order valence-electron chi connectivity index (χ4n) is 0.910. The van der Waals surface area contributed by atoms with Gasteiger partial charge in [0.1, 0.15) is 5.76 Å². The molecule has 1 rings (SSSR count). The zero-order chi connectivity index (χ0) is 8.27. The Hall–Kier alpha value is -1.31. The second kappa shape index (κ2) is 3.19. The first kappa shape index (κ1) is 7.79. The minimum absolute atomic E-state index is 0.288. The molecule has 0 saturated carbocycles. The Morgan fingerprint density at radius 1 is 1.64 bits per heavy atom. The molecule has 0 amide bonds. The maximum atomic E-state index is 9.33. The Labute approximate surface area is 66.2 Å². The molecular weight excluding hydrogens is 138 g/mol. The van der Waals surface area contributed by atoms with Crippen LogP contribution in [0.2, 0.25) is 0 Å². The Kier molecular flexibility index (Phi) is 2.26. The van der Waals surface area contributed by atoms with Crippen molar-refractivity contribution in [2.75, 3.05) is 0 Å². The maximum Gasteiger partial charge on any atom is 0.120 e. The second-order valence-corrected chi connectivity index (χ2v) is 2.31. The molecule has 2 heteroatoms. The highest BCUT2D eigenvalue weighted by atomic mass is 16.3. The van der Waals surface area contributed by atoms with Crippen molar-refractivity contribution in [2.45, 2.75) is 13.8 Å². The van der Waals surface area contributed by atoms with Crippen LogP contribution >= 0.6 is 0 Å². The first-order valence-electron chi connectivity index (χ1n) is 3.53. The molecule has 0 aliphatic carbocycles. The summed E-state index contributed by atoms with van der Waals surface area (Å²) in [7, 11) is 0. The van der Waals surface area contributed by atoms with Crippen molar-refractivity contribution in [1.29, 1.82) is 0 Å². The third-order valence-electron chi connectivity index (χ3n) is 1.56. The van der Waals surface area contributed by atoms with Gasteiger partial charge in [0.05, 0.1) is 0 Å². The predicted molar refractivity (Wildman–Crippen MR) is 45.3 cm³/mol. The van der Waals surface area contributed by atoms with E-state index in [1.807, 2.05) is 19.1 Å². The molecular formula is C9H11NO. The fraction of sp³-hybridized carbons (Fsp3) is 0.222. The van der Waals surface area contributed by atoms with Crippen LogP contribution in [0.1, 0.15) is 18.2 Å². The van der Waals surface area contributed by atoms with Crippen LogP contribution < -0.4 is 0 Å². The Balaban J connectivity index is 3.14. The lowest BCUT2D eigenvalue weighted by atomic mass is 10.1. The van der Waals surface area contributed by atoms with Crippen LogP contribution in [0.4, 0.5) is 0 Å². The highest BCUT2D eigenvalue weighted by Gasteiger charge is 2.00. The summed E-state index contributed by atoms with van der Waals surface area (Å²) in [4.78, 5) is 4.05. The van der Waals surface area contributed by atoms with Gasteiger partial charge in [-0.25, -0.2) is 0 Å². The van der Waals surface area contributed by atoms with Crippen molar-refractivity contribution in [3.8, 4) is 0 Å². The van der Waals surface area contributed by atoms with E-state index < -0.39 is 0 Å². The highest BCUT2D eigenvalue weighted by molar-refractivity contribution is 5.59. The highest BCUT2D eigenvalue weighted by Crippen LogP contribution is 2.12. The number of hydrogen-bond donors (Lipinski definition) is 1. The van der Waals surface area contributed by atoms with E-state index in [2.05, 4.69) is 4.98 Å². The summed E-state index contributed by atoms with van der Waals surface area (Å²) in [5.74, 6) is 0.288. The average Bonchev–Trinajstić information content (AvgIpc) is 2.04. The fourth-order valence-corrected chi connectivity index (χ4v) is 0.910. The number of aliphatic hydroxyl groups is 1. The largest absolute Gasteiger partial charge is 0.508 e. The molecule has 0 unspecified atom stereocenters. The molecule has 0 radical (unpaired) electrons. The first-order chi connectivity index (χ1) is 5.25. The van der Waals surface area contributed by atoms with E-state index in [-0.39, 0.29) is 5.76 Å². The lowest BCUT2D eigenvalue weighted by molar-refractivity contribution is 0.510. The van der Waals surface area contributed by atoms with Gasteiger partial charge in [-0.1, -0.05) is 0 Å². The number of aliphatic hydroxyl groups excluding tert-OH is 1. The number of pyridine rings is 1. The van der Waals surface area contributed by atoms with Crippen LogP contribution in [-0.2, 0) is 0 Å². The zero-order valence-corrected chi connectivity index (χ0v) is 6.70. The molecule has 1 aromatic heterocycles. The Morgan fingerprint density at radius 3 is 2.91 bits per heavy atom. The van der Waals surface area contributed by atoms with Gasteiger partial charge < -0.3 is 5.11 Å². The van der Waals surface area contributed by atoms with Gasteiger partial charge >= 0.3 is 0 Å². The molecule has 58 valence electrons. The average molecular weight is 149 g/mol. The van der Waals surface area contributed by atoms with E-state index in [0.717, 1.165) is 11.3 Å². The minimum atomic E-state index is 0.288. The van der Waals surface area contributed by atoms with Gasteiger partial charge in [0, 0.05) is 17.5 Å². The van der Waals surface area contributed by atoms with E-state index in [1.165, 1.54) is 0 Å². The summed E-state index contributed by atoms with van der Waals surface area (Å²) >= 11 is 0. The van der Waals surface area contributed by atoms with Crippen molar-refractivity contribution in [3.05, 3.63) is 35.7 Å². The Morgan fingerprint density at radius 2 is 2.36 bits per heavy atom. The van der Waals surface area contributed by atoms with E-state index >= 15 is 0 Å². The van der Waals surface area contributed by atoms with Gasteiger partial charge in [-0.05, 0) is 32.1 Å². The molecule has 0 bridgehead atoms. The standard InChI is InChI=1S/C9H11NO/c1-3-9(11)8-5-4-6-10-7(8)2/h3-6,11H,1-2H3. The van der Waals surface area contributed by atoms with Gasteiger partial charge in [0.25, 0.3) is 0 Å². The number of rotatable bonds is 1. The summed E-state index contributed by atoms with van der Waals surface area (Å²) in [5.41, 5.74) is 1.65. The molecule has 1 aromatic rings. The zero-order valence-electron chi connectivity index (χ0n) is 6.70. The van der Waals surface area contributed by atoms with E-state index in [0.29, 0.717) is 0 Å². The van der Waals surface area contributed by atoms with Crippen LogP contribution in [0.25, 0.3) is 5.76 Å². The summed E-state index contributed by atoms with van der Waals surface area (Å²) in [5, 5.41) is 9.33. The molecule has 0 aliphatic heterocycles. The summed E-state index contributed by atoms with van der Waals surface area (Å²) < 4.78 is 0. The lowest BCUT2D eigenvalue weighted by Crippen LogP contribution is -1.89. The smallest absolute Gasteiger partial charge is 0.120 e. The van der Waals surface area contributed by atoms with Crippen molar-refractivity contribution in [3.63, 3.8) is 0 Å². The molecule has 1 N–H and O–H groups in total. The van der Waals surface area contributed by atoms with E-state index in [9.17, 15) is 5.11 Å². The topological polar surface area (TPSA) is 33.1 Å². The van der Waals surface area contributed by atoms with Crippen LogP contribution in [0.3, 0.4) is 0 Å². The summed E-state index contributed by atoms with van der Waals surface area (Å²) in [6, 6.07) is 3.65. The van der Waals surface area contributed by atoms with Gasteiger partial charge in [0.15, 0.2) is 0 Å². The quantitative estimate of drug-likeness (QED) is 0.621. The maximum absolute atomic E-state index is 9.33. The van der Waals surface area contributed by atoms with Crippen LogP contribution in [0.15, 0.2) is 24.4 Å². The third-order valence-corrected chi connectivity index (χ3v) is 1.56. The Bertz CT molecular complexity index is 279. The third kappa shape index (κ3) is 1.58. The van der Waals surface area contributed by atoms with Gasteiger partial charge in [-0.2, -0.15) is 0 Å². The molecule has 0 aliphatic rings. The molecule has 0 saturated heterocycles. The SMILES string of the molecule is CC=C(O)c1cccnc1C. The lowest BCUT2D eigenvalue weighted by Gasteiger charge is -2.01. The van der Waals surface area contributed by atoms with E-state index in [4.69, 9.17) is 0 Å². The molecule has 0 aromatic carbocycles. The van der Waals surface area contributed by atoms with Crippen molar-refractivity contribution in [2.24, 2.45) is 0 Å². The molecule has 0 fully saturated rings. The van der Waals surface area contributed by atoms with Gasteiger partial charge in [-0.3, -0.25) is 4.98 Å². The minimum Gasteiger partial charge on any atom is -0.508 e. The summed E-state index contributed by atoms with van der Waals surface area (Å²) in [6.45, 7) is 3.66. The number of allylic oxidation sites excluding steroid dienone is 1. The number of aryl methyl sites for hydroxylation is 1. The summed E-state index contributed by atoms with van der Waals surface area (Å²) in [6.07, 6.45) is 3.37.